The van der Waals surface area contributed by atoms with E-state index in [1.807, 2.05) is 0 Å². The molecule has 0 aromatic heterocycles. The lowest BCUT2D eigenvalue weighted by molar-refractivity contribution is -0.0242. The molecular formula is C6H13FN2O. The summed E-state index contributed by atoms with van der Waals surface area (Å²) in [6.45, 7) is 3.26. The van der Waals surface area contributed by atoms with Crippen LogP contribution in [0, 0.1) is 0 Å². The van der Waals surface area contributed by atoms with E-state index in [-0.39, 0.29) is 6.61 Å². The number of β-amino-alcohol motifs (C(OH)–C–C–N with tert-alkyl or cyclic N) is 1. The maximum Gasteiger partial charge on any atom is 0.0558 e. The quantitative estimate of drug-likeness (QED) is 0.534. The first-order chi connectivity index (χ1) is 4.83. The lowest BCUT2D eigenvalue weighted by atomic mass is 10.3. The van der Waals surface area contributed by atoms with Gasteiger partial charge in [-0.1, -0.05) is 0 Å². The van der Waals surface area contributed by atoms with E-state index in [2.05, 4.69) is 4.90 Å². The molecule has 1 aliphatic heterocycles. The first kappa shape index (κ1) is 7.91. The number of piperazine rings is 1. The maximum absolute atomic E-state index is 12.3. The molecule has 0 aliphatic carbocycles. The van der Waals surface area contributed by atoms with E-state index in [9.17, 15) is 4.48 Å². The average molecular weight is 148 g/mol. The average Bonchev–Trinajstić information content (AvgIpc) is 1.95. The minimum absolute atomic E-state index is 0.173. The molecule has 4 heteroatoms. The molecule has 0 bridgehead atoms. The van der Waals surface area contributed by atoms with E-state index in [0.717, 1.165) is 18.2 Å². The summed E-state index contributed by atoms with van der Waals surface area (Å²) in [5.41, 5.74) is 0. The van der Waals surface area contributed by atoms with Crippen LogP contribution in [0.15, 0.2) is 0 Å². The lowest BCUT2D eigenvalue weighted by Crippen LogP contribution is -2.43. The Balaban J connectivity index is 2.13. The highest BCUT2D eigenvalue weighted by Gasteiger charge is 2.14. The van der Waals surface area contributed by atoms with Gasteiger partial charge in [-0.25, -0.2) is 0 Å². The number of aliphatic hydroxyl groups excluding tert-OH is 1. The molecule has 1 fully saturated rings. The molecule has 0 radical (unpaired) electrons. The van der Waals surface area contributed by atoms with E-state index in [1.54, 1.807) is 0 Å². The van der Waals surface area contributed by atoms with Crippen LogP contribution in [0.2, 0.25) is 0 Å². The largest absolute Gasteiger partial charge is 0.395 e. The molecule has 1 heterocycles. The Labute approximate surface area is 60.0 Å². The van der Waals surface area contributed by atoms with Gasteiger partial charge in [0.25, 0.3) is 0 Å². The molecule has 0 atom stereocenters. The monoisotopic (exact) mass is 148 g/mol. The van der Waals surface area contributed by atoms with Gasteiger partial charge in [0.05, 0.1) is 6.61 Å². The van der Waals surface area contributed by atoms with Crippen molar-refractivity contribution < 1.29 is 9.59 Å². The van der Waals surface area contributed by atoms with Gasteiger partial charge in [0, 0.05) is 32.7 Å². The summed E-state index contributed by atoms with van der Waals surface area (Å²) in [4.78, 5) is 2.05. The van der Waals surface area contributed by atoms with Crippen molar-refractivity contribution in [3.63, 3.8) is 0 Å². The number of aliphatic hydroxyl groups is 1. The van der Waals surface area contributed by atoms with Crippen molar-refractivity contribution in [1.82, 2.24) is 10.0 Å². The fourth-order valence-corrected chi connectivity index (χ4v) is 1.09. The summed E-state index contributed by atoms with van der Waals surface area (Å²) >= 11 is 0. The molecule has 1 saturated heterocycles. The van der Waals surface area contributed by atoms with Crippen molar-refractivity contribution >= 4 is 0 Å². The molecule has 0 aromatic rings. The summed E-state index contributed by atoms with van der Waals surface area (Å²) in [5.74, 6) is 0. The Morgan fingerprint density at radius 1 is 1.20 bits per heavy atom. The van der Waals surface area contributed by atoms with Crippen molar-refractivity contribution in [3.05, 3.63) is 0 Å². The number of rotatable bonds is 2. The molecule has 10 heavy (non-hydrogen) atoms. The van der Waals surface area contributed by atoms with Crippen molar-refractivity contribution in [1.29, 1.82) is 0 Å². The highest BCUT2D eigenvalue weighted by molar-refractivity contribution is 4.65. The standard InChI is InChI=1S/C6H13FN2O/c7-9-3-1-8(2-4-9)5-6-10/h10H,1-6H2. The highest BCUT2D eigenvalue weighted by Crippen LogP contribution is 1.99. The Kier molecular flexibility index (Phi) is 3.05. The summed E-state index contributed by atoms with van der Waals surface area (Å²) in [7, 11) is 0. The Hall–Kier alpha value is -0.190. The lowest BCUT2D eigenvalue weighted by Gasteiger charge is -2.28. The first-order valence-corrected chi connectivity index (χ1v) is 3.57. The van der Waals surface area contributed by atoms with Crippen LogP contribution in [-0.2, 0) is 0 Å². The van der Waals surface area contributed by atoms with Crippen LogP contribution in [0.5, 0.6) is 0 Å². The van der Waals surface area contributed by atoms with Crippen LogP contribution in [-0.4, -0.2) is 54.5 Å². The molecule has 0 amide bonds. The van der Waals surface area contributed by atoms with Crippen LogP contribution in [0.3, 0.4) is 0 Å². The predicted molar refractivity (Wildman–Crippen MR) is 36.2 cm³/mol. The van der Waals surface area contributed by atoms with Crippen molar-refractivity contribution in [2.24, 2.45) is 0 Å². The van der Waals surface area contributed by atoms with Gasteiger partial charge >= 0.3 is 0 Å². The zero-order valence-corrected chi connectivity index (χ0v) is 5.96. The van der Waals surface area contributed by atoms with Gasteiger partial charge in [-0.3, -0.25) is 4.90 Å². The molecule has 1 rings (SSSR count). The van der Waals surface area contributed by atoms with E-state index < -0.39 is 0 Å². The molecule has 0 spiro atoms. The third-order valence-corrected chi connectivity index (χ3v) is 1.73. The van der Waals surface area contributed by atoms with Crippen molar-refractivity contribution in [3.8, 4) is 0 Å². The molecule has 1 N–H and O–H groups in total. The Morgan fingerprint density at radius 2 is 1.80 bits per heavy atom. The fraction of sp³-hybridized carbons (Fsp3) is 1.00. The fourth-order valence-electron chi connectivity index (χ4n) is 1.09. The second-order valence-corrected chi connectivity index (χ2v) is 2.48. The van der Waals surface area contributed by atoms with Crippen LogP contribution in [0.25, 0.3) is 0 Å². The number of nitrogens with zero attached hydrogens (tertiary/aromatic N) is 2. The number of halogens is 1. The van der Waals surface area contributed by atoms with E-state index in [4.69, 9.17) is 5.11 Å². The molecule has 0 aromatic carbocycles. The Bertz CT molecular complexity index is 93.7. The molecule has 0 saturated carbocycles. The van der Waals surface area contributed by atoms with Crippen LogP contribution in [0.1, 0.15) is 0 Å². The first-order valence-electron chi connectivity index (χ1n) is 3.57. The normalized spacial score (nSPS) is 23.4. The SMILES string of the molecule is OCCN1CCN(F)CC1. The third kappa shape index (κ3) is 2.21. The topological polar surface area (TPSA) is 26.7 Å². The summed E-state index contributed by atoms with van der Waals surface area (Å²) in [6, 6.07) is 0. The second kappa shape index (κ2) is 3.85. The van der Waals surface area contributed by atoms with Gasteiger partial charge in [-0.05, 0) is 0 Å². The van der Waals surface area contributed by atoms with E-state index in [1.165, 1.54) is 0 Å². The van der Waals surface area contributed by atoms with E-state index >= 15 is 0 Å². The van der Waals surface area contributed by atoms with Crippen molar-refractivity contribution in [2.75, 3.05) is 39.3 Å². The van der Waals surface area contributed by atoms with E-state index in [0.29, 0.717) is 19.6 Å². The van der Waals surface area contributed by atoms with Gasteiger partial charge in [0.1, 0.15) is 0 Å². The van der Waals surface area contributed by atoms with Gasteiger partial charge in [-0.15, -0.1) is 9.60 Å². The van der Waals surface area contributed by atoms with Gasteiger partial charge in [-0.2, -0.15) is 0 Å². The zero-order chi connectivity index (χ0) is 7.40. The summed E-state index contributed by atoms with van der Waals surface area (Å²) in [5, 5.41) is 9.35. The van der Waals surface area contributed by atoms with Gasteiger partial charge < -0.3 is 5.11 Å². The summed E-state index contributed by atoms with van der Waals surface area (Å²) in [6.07, 6.45) is 0. The molecular weight excluding hydrogens is 135 g/mol. The van der Waals surface area contributed by atoms with Crippen LogP contribution in [0.4, 0.5) is 4.48 Å². The number of hydrogen-bond acceptors (Lipinski definition) is 3. The van der Waals surface area contributed by atoms with Crippen LogP contribution >= 0.6 is 0 Å². The minimum Gasteiger partial charge on any atom is -0.395 e. The maximum atomic E-state index is 12.3. The highest BCUT2D eigenvalue weighted by atomic mass is 19.2. The molecule has 60 valence electrons. The Morgan fingerprint density at radius 3 is 2.30 bits per heavy atom. The summed E-state index contributed by atoms with van der Waals surface area (Å²) < 4.78 is 12.3. The van der Waals surface area contributed by atoms with Gasteiger partial charge in [0.2, 0.25) is 0 Å². The predicted octanol–water partition coefficient (Wildman–Crippen LogP) is -0.519. The van der Waals surface area contributed by atoms with Gasteiger partial charge in [0.15, 0.2) is 0 Å². The van der Waals surface area contributed by atoms with Crippen molar-refractivity contribution in [2.45, 2.75) is 0 Å². The molecule has 3 nitrogen and oxygen atoms in total. The third-order valence-electron chi connectivity index (χ3n) is 1.73. The minimum atomic E-state index is 0.173. The molecule has 0 unspecified atom stereocenters. The van der Waals surface area contributed by atoms with Crippen LogP contribution < -0.4 is 0 Å². The smallest absolute Gasteiger partial charge is 0.0558 e. The number of hydrogen-bond donors (Lipinski definition) is 1. The zero-order valence-electron chi connectivity index (χ0n) is 5.96. The second-order valence-electron chi connectivity index (χ2n) is 2.48. The molecule has 1 aliphatic rings.